The number of sulfone groups is 1. The van der Waals surface area contributed by atoms with Crippen molar-refractivity contribution in [3.8, 4) is 0 Å². The summed E-state index contributed by atoms with van der Waals surface area (Å²) in [5.41, 5.74) is 0.439. The first kappa shape index (κ1) is 16.6. The van der Waals surface area contributed by atoms with E-state index >= 15 is 0 Å². The number of methoxy groups -OCH3 is 1. The summed E-state index contributed by atoms with van der Waals surface area (Å²) in [6, 6.07) is 5.87. The summed E-state index contributed by atoms with van der Waals surface area (Å²) in [6.07, 6.45) is 1.13. The maximum Gasteiger partial charge on any atom is 0.251 e. The number of hydrogen-bond acceptors (Lipinski definition) is 5. The lowest BCUT2D eigenvalue weighted by atomic mass is 10.2. The molecule has 1 aromatic carbocycles. The fraction of sp³-hybridized carbons (Fsp3) is 0.462. The third kappa shape index (κ3) is 5.68. The van der Waals surface area contributed by atoms with E-state index in [0.29, 0.717) is 25.3 Å². The third-order valence-corrected chi connectivity index (χ3v) is 3.74. The van der Waals surface area contributed by atoms with Crippen molar-refractivity contribution in [3.05, 3.63) is 29.8 Å². The minimum absolute atomic E-state index is 0.204. The highest BCUT2D eigenvalue weighted by atomic mass is 32.2. The molecule has 0 aliphatic rings. The van der Waals surface area contributed by atoms with Gasteiger partial charge in [0.25, 0.3) is 5.91 Å². The molecule has 7 heteroatoms. The molecule has 0 saturated heterocycles. The van der Waals surface area contributed by atoms with Gasteiger partial charge in [-0.25, -0.2) is 8.42 Å². The monoisotopic (exact) mass is 300 g/mol. The zero-order valence-corrected chi connectivity index (χ0v) is 12.5. The molecular formula is C13H20N2O4S. The molecule has 112 valence electrons. The van der Waals surface area contributed by atoms with E-state index in [0.717, 1.165) is 12.8 Å². The number of carbonyl (C=O) groups is 1. The van der Waals surface area contributed by atoms with E-state index in [1.165, 1.54) is 24.3 Å². The molecule has 0 fully saturated rings. The Morgan fingerprint density at radius 3 is 2.35 bits per heavy atom. The molecule has 0 unspecified atom stereocenters. The van der Waals surface area contributed by atoms with Gasteiger partial charge in [0.15, 0.2) is 9.84 Å². The number of carbonyl (C=O) groups excluding carboxylic acids is 1. The van der Waals surface area contributed by atoms with Gasteiger partial charge in [-0.1, -0.05) is 0 Å². The molecule has 0 spiro atoms. The molecule has 0 atom stereocenters. The van der Waals surface area contributed by atoms with Gasteiger partial charge >= 0.3 is 0 Å². The molecule has 0 aliphatic heterocycles. The lowest BCUT2D eigenvalue weighted by Crippen LogP contribution is -2.33. The normalized spacial score (nSPS) is 11.3. The van der Waals surface area contributed by atoms with Crippen LogP contribution in [0.5, 0.6) is 0 Å². The Labute approximate surface area is 119 Å². The highest BCUT2D eigenvalue weighted by Gasteiger charge is 2.09. The number of nitrogens with one attached hydrogen (secondary N) is 2. The van der Waals surface area contributed by atoms with Crippen molar-refractivity contribution < 1.29 is 17.9 Å². The van der Waals surface area contributed by atoms with Crippen molar-refractivity contribution in [2.45, 2.75) is 4.90 Å². The van der Waals surface area contributed by atoms with Gasteiger partial charge in [-0.05, 0) is 24.3 Å². The van der Waals surface area contributed by atoms with Crippen LogP contribution in [0.2, 0.25) is 0 Å². The van der Waals surface area contributed by atoms with Crippen LogP contribution >= 0.6 is 0 Å². The predicted octanol–water partition coefficient (Wildman–Crippen LogP) is 0.0559. The van der Waals surface area contributed by atoms with Crippen LogP contribution in [0, 0.1) is 0 Å². The number of hydrogen-bond donors (Lipinski definition) is 2. The Balaban J connectivity index is 2.40. The fourth-order valence-electron chi connectivity index (χ4n) is 1.52. The second-order valence-electron chi connectivity index (χ2n) is 4.30. The van der Waals surface area contributed by atoms with Crippen LogP contribution in [0.25, 0.3) is 0 Å². The second kappa shape index (κ2) is 7.98. The number of amides is 1. The molecule has 0 saturated carbocycles. The summed E-state index contributed by atoms with van der Waals surface area (Å²) in [7, 11) is -1.60. The van der Waals surface area contributed by atoms with Crippen LogP contribution in [0.4, 0.5) is 0 Å². The number of rotatable bonds is 8. The largest absolute Gasteiger partial charge is 0.383 e. The zero-order valence-electron chi connectivity index (χ0n) is 11.7. The predicted molar refractivity (Wildman–Crippen MR) is 76.6 cm³/mol. The van der Waals surface area contributed by atoms with E-state index < -0.39 is 9.84 Å². The lowest BCUT2D eigenvalue weighted by molar-refractivity contribution is 0.0953. The van der Waals surface area contributed by atoms with Gasteiger partial charge in [-0.2, -0.15) is 0 Å². The summed E-state index contributed by atoms with van der Waals surface area (Å²) in [6.45, 7) is 2.50. The number of benzene rings is 1. The molecule has 0 radical (unpaired) electrons. The first-order valence-electron chi connectivity index (χ1n) is 6.23. The van der Waals surface area contributed by atoms with Crippen LogP contribution in [-0.2, 0) is 14.6 Å². The highest BCUT2D eigenvalue weighted by Crippen LogP contribution is 2.10. The topological polar surface area (TPSA) is 84.5 Å². The average Bonchev–Trinajstić information content (AvgIpc) is 2.41. The fourth-order valence-corrected chi connectivity index (χ4v) is 2.15. The van der Waals surface area contributed by atoms with Gasteiger partial charge in [0, 0.05) is 38.6 Å². The molecule has 1 amide bonds. The van der Waals surface area contributed by atoms with Gasteiger partial charge in [-0.3, -0.25) is 4.79 Å². The van der Waals surface area contributed by atoms with E-state index in [9.17, 15) is 13.2 Å². The van der Waals surface area contributed by atoms with Crippen molar-refractivity contribution in [2.75, 3.05) is 39.6 Å². The van der Waals surface area contributed by atoms with Gasteiger partial charge in [0.2, 0.25) is 0 Å². The summed E-state index contributed by atoms with van der Waals surface area (Å²) < 4.78 is 27.5. The first-order valence-corrected chi connectivity index (χ1v) is 8.12. The van der Waals surface area contributed by atoms with Gasteiger partial charge in [0.1, 0.15) is 0 Å². The summed E-state index contributed by atoms with van der Waals surface area (Å²) in [4.78, 5) is 12.0. The first-order chi connectivity index (χ1) is 9.45. The molecule has 1 rings (SSSR count). The van der Waals surface area contributed by atoms with Crippen molar-refractivity contribution in [3.63, 3.8) is 0 Å². The number of ether oxygens (including phenoxy) is 1. The molecule has 6 nitrogen and oxygen atoms in total. The van der Waals surface area contributed by atoms with E-state index in [-0.39, 0.29) is 10.8 Å². The molecule has 0 bridgehead atoms. The van der Waals surface area contributed by atoms with E-state index in [1.807, 2.05) is 0 Å². The maximum absolute atomic E-state index is 11.8. The zero-order chi connectivity index (χ0) is 15.0. The molecule has 0 aliphatic carbocycles. The van der Waals surface area contributed by atoms with Crippen molar-refractivity contribution >= 4 is 15.7 Å². The van der Waals surface area contributed by atoms with Crippen molar-refractivity contribution in [2.24, 2.45) is 0 Å². The Morgan fingerprint density at radius 1 is 1.15 bits per heavy atom. The van der Waals surface area contributed by atoms with E-state index in [2.05, 4.69) is 10.6 Å². The standard InChI is InChI=1S/C13H20N2O4S/c1-19-10-9-14-7-8-15-13(16)11-3-5-12(6-4-11)20(2,17)18/h3-6,14H,7-10H2,1-2H3,(H,15,16). The van der Waals surface area contributed by atoms with Crippen LogP contribution < -0.4 is 10.6 Å². The molecule has 1 aromatic rings. The van der Waals surface area contributed by atoms with E-state index in [1.54, 1.807) is 7.11 Å². The van der Waals surface area contributed by atoms with Crippen molar-refractivity contribution in [1.82, 2.24) is 10.6 Å². The lowest BCUT2D eigenvalue weighted by Gasteiger charge is -2.07. The third-order valence-electron chi connectivity index (χ3n) is 2.61. The summed E-state index contributed by atoms with van der Waals surface area (Å²) >= 11 is 0. The Bertz CT molecular complexity index is 526. The van der Waals surface area contributed by atoms with Gasteiger partial charge in [-0.15, -0.1) is 0 Å². The summed E-state index contributed by atoms with van der Waals surface area (Å²) in [5.74, 6) is -0.224. The highest BCUT2D eigenvalue weighted by molar-refractivity contribution is 7.90. The quantitative estimate of drug-likeness (QED) is 0.663. The second-order valence-corrected chi connectivity index (χ2v) is 6.31. The average molecular weight is 300 g/mol. The molecule has 2 N–H and O–H groups in total. The minimum atomic E-state index is -3.23. The van der Waals surface area contributed by atoms with Crippen LogP contribution in [0.1, 0.15) is 10.4 Å². The Kier molecular flexibility index (Phi) is 6.63. The van der Waals surface area contributed by atoms with Crippen LogP contribution in [0.15, 0.2) is 29.2 Å². The van der Waals surface area contributed by atoms with Crippen molar-refractivity contribution in [1.29, 1.82) is 0 Å². The smallest absolute Gasteiger partial charge is 0.251 e. The Hall–Kier alpha value is -1.44. The molecular weight excluding hydrogens is 280 g/mol. The van der Waals surface area contributed by atoms with Gasteiger partial charge < -0.3 is 15.4 Å². The molecule has 0 heterocycles. The minimum Gasteiger partial charge on any atom is -0.383 e. The summed E-state index contributed by atoms with van der Waals surface area (Å²) in [5, 5.41) is 5.85. The van der Waals surface area contributed by atoms with Crippen LogP contribution in [0.3, 0.4) is 0 Å². The SMILES string of the molecule is COCCNCCNC(=O)c1ccc(S(C)(=O)=O)cc1. The van der Waals surface area contributed by atoms with E-state index in [4.69, 9.17) is 4.74 Å². The van der Waals surface area contributed by atoms with Gasteiger partial charge in [0.05, 0.1) is 11.5 Å². The molecule has 0 aromatic heterocycles. The Morgan fingerprint density at radius 2 is 1.80 bits per heavy atom. The van der Waals surface area contributed by atoms with Crippen LogP contribution in [-0.4, -0.2) is 53.9 Å². The molecule has 20 heavy (non-hydrogen) atoms. The maximum atomic E-state index is 11.8.